The predicted molar refractivity (Wildman–Crippen MR) is 99.6 cm³/mol. The summed E-state index contributed by atoms with van der Waals surface area (Å²) in [6.07, 6.45) is 0. The molecule has 0 amide bonds. The maximum Gasteiger partial charge on any atom is 0.330 e. The van der Waals surface area contributed by atoms with E-state index >= 15 is 0 Å². The Morgan fingerprint density at radius 2 is 0.893 bits per heavy atom. The van der Waals surface area contributed by atoms with Crippen LogP contribution in [0.25, 0.3) is 0 Å². The van der Waals surface area contributed by atoms with Gasteiger partial charge in [-0.05, 0) is 20.8 Å². The quantitative estimate of drug-likeness (QED) is 0.165. The van der Waals surface area contributed by atoms with Crippen molar-refractivity contribution in [3.05, 3.63) is 36.5 Å². The zero-order valence-electron chi connectivity index (χ0n) is 16.2. The van der Waals surface area contributed by atoms with Crippen LogP contribution in [-0.2, 0) is 19.3 Å². The molecule has 0 rings (SSSR count). The number of aliphatic carboxylic acids is 3. The summed E-state index contributed by atoms with van der Waals surface area (Å²) in [6, 6.07) is 0. The molecule has 0 heterocycles. The van der Waals surface area contributed by atoms with E-state index in [1.54, 1.807) is 0 Å². The number of carbonyl (C=O) groups is 3. The molecule has 11 heteroatoms. The minimum Gasteiger partial charge on any atom is -0.478 e. The third kappa shape index (κ3) is 23.4. The van der Waals surface area contributed by atoms with Gasteiger partial charge in [-0.1, -0.05) is 19.7 Å². The minimum absolute atomic E-state index is 0.176. The second-order valence-electron chi connectivity index (χ2n) is 5.50. The van der Waals surface area contributed by atoms with Gasteiger partial charge in [-0.25, -0.2) is 19.3 Å². The molecule has 0 aromatic heterocycles. The lowest BCUT2D eigenvalue weighted by Gasteiger charge is -2.24. The molecule has 0 saturated carbocycles. The summed E-state index contributed by atoms with van der Waals surface area (Å²) in [7, 11) is 0. The maximum atomic E-state index is 9.60. The Morgan fingerprint density at radius 1 is 0.714 bits per heavy atom. The first-order chi connectivity index (χ1) is 12.7. The van der Waals surface area contributed by atoms with Gasteiger partial charge in [0.05, 0.1) is 31.8 Å². The summed E-state index contributed by atoms with van der Waals surface area (Å²) in [6.45, 7) is 12.2. The summed E-state index contributed by atoms with van der Waals surface area (Å²) < 4.78 is 0. The van der Waals surface area contributed by atoms with Crippen molar-refractivity contribution in [3.8, 4) is 0 Å². The maximum absolute atomic E-state index is 9.60. The first kappa shape index (κ1) is 33.0. The predicted octanol–water partition coefficient (Wildman–Crippen LogP) is 0.381. The van der Waals surface area contributed by atoms with Gasteiger partial charge in [-0.3, -0.25) is 5.26 Å². The fourth-order valence-electron chi connectivity index (χ4n) is 0.424. The smallest absolute Gasteiger partial charge is 0.330 e. The van der Waals surface area contributed by atoms with Crippen molar-refractivity contribution in [1.82, 2.24) is 0 Å². The van der Waals surface area contributed by atoms with Crippen LogP contribution in [0.1, 0.15) is 20.8 Å². The number of rotatable bonds is 8. The van der Waals surface area contributed by atoms with Crippen LogP contribution in [0, 0.1) is 5.41 Å². The number of aliphatic hydroxyl groups excluding tert-OH is 3. The van der Waals surface area contributed by atoms with Crippen molar-refractivity contribution < 1.29 is 55.2 Å². The first-order valence-corrected chi connectivity index (χ1v) is 7.43. The molecule has 0 aliphatic carbocycles. The second kappa shape index (κ2) is 19.2. The van der Waals surface area contributed by atoms with E-state index in [2.05, 4.69) is 24.6 Å². The molecule has 0 aliphatic heterocycles. The minimum atomic E-state index is -1.13. The highest BCUT2D eigenvalue weighted by Gasteiger charge is 2.28. The van der Waals surface area contributed by atoms with E-state index in [9.17, 15) is 14.4 Å². The molecular weight excluding hydrogens is 380 g/mol. The van der Waals surface area contributed by atoms with Crippen molar-refractivity contribution in [1.29, 1.82) is 0 Å². The molecule has 11 nitrogen and oxygen atoms in total. The number of aliphatic hydroxyl groups is 3. The Morgan fingerprint density at radius 3 is 0.929 bits per heavy atom. The van der Waals surface area contributed by atoms with Crippen LogP contribution in [0.3, 0.4) is 0 Å². The van der Waals surface area contributed by atoms with Crippen LogP contribution in [0.4, 0.5) is 0 Å². The average molecular weight is 410 g/mol. The zero-order valence-corrected chi connectivity index (χ0v) is 16.2. The second-order valence-corrected chi connectivity index (χ2v) is 5.50. The van der Waals surface area contributed by atoms with Gasteiger partial charge in [0, 0.05) is 16.7 Å². The normalized spacial score (nSPS) is 9.11. The molecule has 28 heavy (non-hydrogen) atoms. The molecule has 0 atom stereocenters. The van der Waals surface area contributed by atoms with Crippen LogP contribution in [0.15, 0.2) is 36.5 Å². The number of carboxylic acids is 3. The molecule has 0 unspecified atom stereocenters. The molecule has 0 aromatic rings. The van der Waals surface area contributed by atoms with Gasteiger partial charge >= 0.3 is 17.9 Å². The summed E-state index contributed by atoms with van der Waals surface area (Å²) >= 11 is 0. The highest BCUT2D eigenvalue weighted by atomic mass is 17.1. The van der Waals surface area contributed by atoms with Gasteiger partial charge in [0.1, 0.15) is 0 Å². The summed E-state index contributed by atoms with van der Waals surface area (Å²) in [4.78, 5) is 32.5. The summed E-state index contributed by atoms with van der Waals surface area (Å²) in [5.74, 6) is -2.81. The van der Waals surface area contributed by atoms with E-state index in [0.717, 1.165) is 0 Å². The van der Waals surface area contributed by atoms with Gasteiger partial charge in [0.2, 0.25) is 0 Å². The van der Waals surface area contributed by atoms with Crippen LogP contribution < -0.4 is 0 Å². The molecule has 7 N–H and O–H groups in total. The topological polar surface area (TPSA) is 202 Å². The average Bonchev–Trinajstić information content (AvgIpc) is 2.61. The fraction of sp³-hybridized carbons (Fsp3) is 0.471. The van der Waals surface area contributed by atoms with E-state index in [1.165, 1.54) is 20.8 Å². The van der Waals surface area contributed by atoms with Crippen molar-refractivity contribution in [2.24, 2.45) is 5.41 Å². The van der Waals surface area contributed by atoms with E-state index in [0.29, 0.717) is 0 Å². The molecule has 0 spiro atoms. The van der Waals surface area contributed by atoms with E-state index < -0.39 is 43.1 Å². The molecular formula is C17H30O11. The molecule has 0 bridgehead atoms. The van der Waals surface area contributed by atoms with Crippen molar-refractivity contribution in [2.75, 3.05) is 26.4 Å². The Hall–Kier alpha value is -2.57. The van der Waals surface area contributed by atoms with Gasteiger partial charge in [0.25, 0.3) is 0 Å². The van der Waals surface area contributed by atoms with Crippen LogP contribution in [-0.4, -0.2) is 80.2 Å². The van der Waals surface area contributed by atoms with E-state index in [-0.39, 0.29) is 23.3 Å². The van der Waals surface area contributed by atoms with E-state index in [4.69, 9.17) is 35.9 Å². The Kier molecular flexibility index (Phi) is 22.7. The third-order valence-electron chi connectivity index (χ3n) is 2.47. The van der Waals surface area contributed by atoms with Crippen molar-refractivity contribution in [3.63, 3.8) is 0 Å². The SMILES string of the molecule is C=C(C)C(=O)O.C=C(C)C(=O)O.C=C(C)C(=O)O.OCC(CO)(CO)COO. The lowest BCUT2D eigenvalue weighted by atomic mass is 9.93. The summed E-state index contributed by atoms with van der Waals surface area (Å²) in [5.41, 5.74) is -0.602. The Balaban J connectivity index is -0.000000142. The van der Waals surface area contributed by atoms with E-state index in [1.807, 2.05) is 0 Å². The Bertz CT molecular complexity index is 418. The molecule has 0 aliphatic rings. The van der Waals surface area contributed by atoms with Crippen molar-refractivity contribution >= 4 is 17.9 Å². The molecule has 0 radical (unpaired) electrons. The third-order valence-corrected chi connectivity index (χ3v) is 2.47. The van der Waals surface area contributed by atoms with Crippen LogP contribution in [0.5, 0.6) is 0 Å². The molecule has 0 aromatic carbocycles. The zero-order chi connectivity index (χ0) is 23.5. The van der Waals surface area contributed by atoms with Gasteiger partial charge in [0.15, 0.2) is 0 Å². The van der Waals surface area contributed by atoms with Crippen LogP contribution >= 0.6 is 0 Å². The number of carboxylic acid groups (broad SMARTS) is 3. The largest absolute Gasteiger partial charge is 0.478 e. The van der Waals surface area contributed by atoms with Gasteiger partial charge < -0.3 is 30.6 Å². The number of hydrogen-bond acceptors (Lipinski definition) is 8. The van der Waals surface area contributed by atoms with Gasteiger partial charge in [-0.15, -0.1) is 0 Å². The lowest BCUT2D eigenvalue weighted by molar-refractivity contribution is -0.272. The van der Waals surface area contributed by atoms with Crippen LogP contribution in [0.2, 0.25) is 0 Å². The number of hydrogen-bond donors (Lipinski definition) is 7. The summed E-state index contributed by atoms with van der Waals surface area (Å²) in [5, 5.41) is 57.4. The highest BCUT2D eigenvalue weighted by molar-refractivity contribution is 5.85. The first-order valence-electron chi connectivity index (χ1n) is 7.43. The molecule has 0 saturated heterocycles. The van der Waals surface area contributed by atoms with Crippen molar-refractivity contribution in [2.45, 2.75) is 20.8 Å². The molecule has 164 valence electrons. The standard InChI is InChI=1S/C5H12O5.3C4H6O2/c6-1-5(2-7,3-8)4-10-9;3*1-3(2)4(5)6/h6-9H,1-4H2;3*1H2,2H3,(H,5,6). The van der Waals surface area contributed by atoms with Gasteiger partial charge in [-0.2, -0.15) is 0 Å². The molecule has 0 fully saturated rings. The monoisotopic (exact) mass is 410 g/mol. The highest BCUT2D eigenvalue weighted by Crippen LogP contribution is 2.13. The fourth-order valence-corrected chi connectivity index (χ4v) is 0.424. The Labute approximate surface area is 163 Å². The lowest BCUT2D eigenvalue weighted by Crippen LogP contribution is -2.38.